The van der Waals surface area contributed by atoms with Crippen LogP contribution in [0.15, 0.2) is 18.2 Å². The number of Topliss-reactive ketones (excluding diaryl/α,β-unsaturated/α-hetero) is 1. The molecule has 0 aliphatic heterocycles. The molecule has 0 saturated heterocycles. The molecular formula is C11H9BrF2O3. The third-order valence-corrected chi connectivity index (χ3v) is 2.71. The third-order valence-electron chi connectivity index (χ3n) is 1.92. The maximum atomic E-state index is 13.3. The molecule has 0 amide bonds. The molecule has 0 saturated carbocycles. The summed E-state index contributed by atoms with van der Waals surface area (Å²) >= 11 is 2.79. The Kier molecular flexibility index (Phi) is 4.74. The van der Waals surface area contributed by atoms with Crippen LogP contribution in [0.4, 0.5) is 8.78 Å². The average molecular weight is 307 g/mol. The number of ketones is 1. The average Bonchev–Trinajstić information content (AvgIpc) is 2.30. The summed E-state index contributed by atoms with van der Waals surface area (Å²) in [4.78, 5) is 21.6. The van der Waals surface area contributed by atoms with Crippen molar-refractivity contribution in [2.24, 2.45) is 0 Å². The molecule has 0 aliphatic carbocycles. The van der Waals surface area contributed by atoms with Crippen molar-refractivity contribution in [3.05, 3.63) is 35.4 Å². The van der Waals surface area contributed by atoms with E-state index in [0.717, 1.165) is 18.2 Å². The first-order chi connectivity index (χ1) is 7.97. The van der Waals surface area contributed by atoms with E-state index in [4.69, 9.17) is 0 Å². The summed E-state index contributed by atoms with van der Waals surface area (Å²) in [5.41, 5.74) is -0.486. The van der Waals surface area contributed by atoms with Gasteiger partial charge in [0, 0.05) is 0 Å². The number of halogens is 3. The van der Waals surface area contributed by atoms with Crippen LogP contribution in [0.5, 0.6) is 0 Å². The highest BCUT2D eigenvalue weighted by Gasteiger charge is 2.28. The van der Waals surface area contributed by atoms with Crippen molar-refractivity contribution < 1.29 is 23.1 Å². The fourth-order valence-corrected chi connectivity index (χ4v) is 1.52. The first-order valence-electron chi connectivity index (χ1n) is 4.77. The summed E-state index contributed by atoms with van der Waals surface area (Å²) in [6, 6.07) is 2.46. The molecule has 92 valence electrons. The Morgan fingerprint density at radius 2 is 2.06 bits per heavy atom. The molecule has 17 heavy (non-hydrogen) atoms. The monoisotopic (exact) mass is 306 g/mol. The van der Waals surface area contributed by atoms with Crippen molar-refractivity contribution in [2.45, 2.75) is 11.8 Å². The number of ether oxygens (including phenoxy) is 1. The minimum absolute atomic E-state index is 0.0971. The SMILES string of the molecule is CCOC(=O)[C@H](Br)C(=O)c1cc(F)ccc1F. The van der Waals surface area contributed by atoms with Crippen LogP contribution in [0.2, 0.25) is 0 Å². The molecule has 1 aromatic rings. The van der Waals surface area contributed by atoms with Crippen LogP contribution in [0.1, 0.15) is 17.3 Å². The van der Waals surface area contributed by atoms with Gasteiger partial charge in [-0.25, -0.2) is 8.78 Å². The van der Waals surface area contributed by atoms with E-state index in [1.54, 1.807) is 6.92 Å². The lowest BCUT2D eigenvalue weighted by Gasteiger charge is -2.08. The minimum atomic E-state index is -1.33. The molecule has 0 fully saturated rings. The molecule has 0 spiro atoms. The number of esters is 1. The summed E-state index contributed by atoms with van der Waals surface area (Å²) in [5.74, 6) is -3.34. The quantitative estimate of drug-likeness (QED) is 0.371. The number of hydrogen-bond donors (Lipinski definition) is 0. The van der Waals surface area contributed by atoms with Crippen LogP contribution >= 0.6 is 15.9 Å². The molecule has 0 aliphatic rings. The zero-order valence-corrected chi connectivity index (χ0v) is 10.5. The summed E-state index contributed by atoms with van der Waals surface area (Å²) < 4.78 is 30.7. The van der Waals surface area contributed by atoms with Gasteiger partial charge in [-0.1, -0.05) is 15.9 Å². The lowest BCUT2D eigenvalue weighted by atomic mass is 10.1. The maximum Gasteiger partial charge on any atom is 0.327 e. The molecule has 1 aromatic carbocycles. The van der Waals surface area contributed by atoms with E-state index in [0.29, 0.717) is 0 Å². The molecule has 0 radical (unpaired) electrons. The van der Waals surface area contributed by atoms with E-state index >= 15 is 0 Å². The molecule has 1 atom stereocenters. The summed E-state index contributed by atoms with van der Waals surface area (Å²) in [6.07, 6.45) is 0. The first kappa shape index (κ1) is 13.8. The Labute approximate surface area is 105 Å². The number of carbonyl (C=O) groups is 2. The molecule has 0 bridgehead atoms. The fourth-order valence-electron chi connectivity index (χ4n) is 1.15. The van der Waals surface area contributed by atoms with Gasteiger partial charge in [0.1, 0.15) is 11.6 Å². The van der Waals surface area contributed by atoms with Crippen molar-refractivity contribution >= 4 is 27.7 Å². The van der Waals surface area contributed by atoms with Crippen molar-refractivity contribution in [3.8, 4) is 0 Å². The Morgan fingerprint density at radius 3 is 2.65 bits per heavy atom. The fraction of sp³-hybridized carbons (Fsp3) is 0.273. The van der Waals surface area contributed by atoms with Gasteiger partial charge in [-0.3, -0.25) is 9.59 Å². The topological polar surface area (TPSA) is 43.4 Å². The molecule has 0 aromatic heterocycles. The highest BCUT2D eigenvalue weighted by Crippen LogP contribution is 2.16. The zero-order chi connectivity index (χ0) is 13.0. The molecule has 3 nitrogen and oxygen atoms in total. The highest BCUT2D eigenvalue weighted by molar-refractivity contribution is 9.10. The second-order valence-electron chi connectivity index (χ2n) is 3.10. The summed E-state index contributed by atoms with van der Waals surface area (Å²) in [5, 5.41) is 0. The van der Waals surface area contributed by atoms with Gasteiger partial charge in [0.05, 0.1) is 12.2 Å². The molecule has 0 unspecified atom stereocenters. The first-order valence-corrected chi connectivity index (χ1v) is 5.69. The number of rotatable bonds is 4. The van der Waals surface area contributed by atoms with Crippen LogP contribution < -0.4 is 0 Å². The maximum absolute atomic E-state index is 13.3. The van der Waals surface area contributed by atoms with Gasteiger partial charge in [-0.15, -0.1) is 0 Å². The zero-order valence-electron chi connectivity index (χ0n) is 8.88. The Hall–Kier alpha value is -1.30. The van der Waals surface area contributed by atoms with Gasteiger partial charge in [0.2, 0.25) is 0 Å². The third kappa shape index (κ3) is 3.33. The molecule has 6 heteroatoms. The van der Waals surface area contributed by atoms with Crippen LogP contribution in [-0.4, -0.2) is 23.2 Å². The van der Waals surface area contributed by atoms with Crippen molar-refractivity contribution in [1.82, 2.24) is 0 Å². The van der Waals surface area contributed by atoms with Gasteiger partial charge in [-0.2, -0.15) is 0 Å². The predicted octanol–water partition coefficient (Wildman–Crippen LogP) is 2.47. The van der Waals surface area contributed by atoms with Crippen LogP contribution in [0.25, 0.3) is 0 Å². The molecule has 0 heterocycles. The van der Waals surface area contributed by atoms with E-state index in [2.05, 4.69) is 20.7 Å². The van der Waals surface area contributed by atoms with Gasteiger partial charge < -0.3 is 4.74 Å². The standard InChI is InChI=1S/C11H9BrF2O3/c1-2-17-11(16)9(12)10(15)7-5-6(13)3-4-8(7)14/h3-5,9H,2H2,1H3/t9-/m1/s1. The normalized spacial score (nSPS) is 12.0. The number of hydrogen-bond acceptors (Lipinski definition) is 3. The molecule has 0 N–H and O–H groups in total. The Balaban J connectivity index is 2.96. The second-order valence-corrected chi connectivity index (χ2v) is 4.02. The molecule has 1 rings (SSSR count). The van der Waals surface area contributed by atoms with Gasteiger partial charge in [0.25, 0.3) is 0 Å². The van der Waals surface area contributed by atoms with E-state index in [1.807, 2.05) is 0 Å². The predicted molar refractivity (Wildman–Crippen MR) is 60.0 cm³/mol. The van der Waals surface area contributed by atoms with Crippen molar-refractivity contribution in [2.75, 3.05) is 6.61 Å². The number of carbonyl (C=O) groups excluding carboxylic acids is 2. The highest BCUT2D eigenvalue weighted by atomic mass is 79.9. The van der Waals surface area contributed by atoms with Crippen molar-refractivity contribution in [3.63, 3.8) is 0 Å². The van der Waals surface area contributed by atoms with Crippen molar-refractivity contribution in [1.29, 1.82) is 0 Å². The van der Waals surface area contributed by atoms with E-state index in [-0.39, 0.29) is 6.61 Å². The smallest absolute Gasteiger partial charge is 0.327 e. The second kappa shape index (κ2) is 5.86. The van der Waals surface area contributed by atoms with Gasteiger partial charge in [0.15, 0.2) is 10.6 Å². The summed E-state index contributed by atoms with van der Waals surface area (Å²) in [6.45, 7) is 1.67. The van der Waals surface area contributed by atoms with E-state index in [9.17, 15) is 18.4 Å². The van der Waals surface area contributed by atoms with Crippen LogP contribution in [0, 0.1) is 11.6 Å². The molecular weight excluding hydrogens is 298 g/mol. The van der Waals surface area contributed by atoms with E-state index in [1.165, 1.54) is 0 Å². The van der Waals surface area contributed by atoms with E-state index < -0.39 is 33.8 Å². The number of benzene rings is 1. The Morgan fingerprint density at radius 1 is 1.41 bits per heavy atom. The summed E-state index contributed by atoms with van der Waals surface area (Å²) in [7, 11) is 0. The number of alkyl halides is 1. The lowest BCUT2D eigenvalue weighted by Crippen LogP contribution is -2.27. The minimum Gasteiger partial charge on any atom is -0.465 e. The van der Waals surface area contributed by atoms with Crippen LogP contribution in [0.3, 0.4) is 0 Å². The largest absolute Gasteiger partial charge is 0.465 e. The van der Waals surface area contributed by atoms with Gasteiger partial charge in [-0.05, 0) is 25.1 Å². The Bertz CT molecular complexity index is 448. The van der Waals surface area contributed by atoms with Gasteiger partial charge >= 0.3 is 5.97 Å². The lowest BCUT2D eigenvalue weighted by molar-refractivity contribution is -0.141. The van der Waals surface area contributed by atoms with Crippen LogP contribution in [-0.2, 0) is 9.53 Å².